The van der Waals surface area contributed by atoms with Gasteiger partial charge in [-0.15, -0.1) is 0 Å². The van der Waals surface area contributed by atoms with E-state index in [9.17, 15) is 24.9 Å². The van der Waals surface area contributed by atoms with Crippen LogP contribution in [0.4, 0.5) is 0 Å². The summed E-state index contributed by atoms with van der Waals surface area (Å²) in [5.41, 5.74) is -0.0259. The zero-order chi connectivity index (χ0) is 19.5. The van der Waals surface area contributed by atoms with Gasteiger partial charge in [0.15, 0.2) is 0 Å². The number of carboxylic acids is 1. The second-order valence-electron chi connectivity index (χ2n) is 6.75. The van der Waals surface area contributed by atoms with E-state index in [2.05, 4.69) is 5.32 Å². The summed E-state index contributed by atoms with van der Waals surface area (Å²) in [6.07, 6.45) is 0. The van der Waals surface area contributed by atoms with Gasteiger partial charge in [0.1, 0.15) is 17.5 Å². The number of phenols is 2. The third-order valence-electron chi connectivity index (χ3n) is 4.56. The van der Waals surface area contributed by atoms with Gasteiger partial charge in [0.05, 0.1) is 5.41 Å². The number of aliphatic carboxylic acids is 1. The highest BCUT2D eigenvalue weighted by atomic mass is 16.4. The van der Waals surface area contributed by atoms with Crippen molar-refractivity contribution in [3.8, 4) is 11.5 Å². The Labute approximate surface area is 152 Å². The summed E-state index contributed by atoms with van der Waals surface area (Å²) in [5, 5.41) is 31.1. The molecule has 1 amide bonds. The Bertz CT molecular complexity index is 735. The van der Waals surface area contributed by atoms with Gasteiger partial charge >= 0.3 is 5.97 Å². The molecule has 0 unspecified atom stereocenters. The summed E-state index contributed by atoms with van der Waals surface area (Å²) >= 11 is 0. The summed E-state index contributed by atoms with van der Waals surface area (Å²) in [6, 6.07) is 11.3. The molecule has 0 aromatic heterocycles. The second kappa shape index (κ2) is 7.47. The minimum absolute atomic E-state index is 0.0628. The maximum absolute atomic E-state index is 13.2. The Morgan fingerprint density at radius 1 is 0.885 bits per heavy atom. The van der Waals surface area contributed by atoms with Crippen LogP contribution in [0.15, 0.2) is 48.5 Å². The lowest BCUT2D eigenvalue weighted by Crippen LogP contribution is -2.51. The summed E-state index contributed by atoms with van der Waals surface area (Å²) in [4.78, 5) is 24.6. The molecule has 0 aliphatic rings. The number of rotatable bonds is 6. The first-order valence-corrected chi connectivity index (χ1v) is 8.29. The molecule has 26 heavy (non-hydrogen) atoms. The van der Waals surface area contributed by atoms with E-state index in [0.29, 0.717) is 11.1 Å². The molecule has 0 aliphatic carbocycles. The lowest BCUT2D eigenvalue weighted by atomic mass is 9.75. The minimum Gasteiger partial charge on any atom is -0.508 e. The van der Waals surface area contributed by atoms with Crippen molar-refractivity contribution in [3.63, 3.8) is 0 Å². The van der Waals surface area contributed by atoms with Crippen LogP contribution < -0.4 is 5.32 Å². The van der Waals surface area contributed by atoms with Crippen molar-refractivity contribution in [2.24, 2.45) is 5.92 Å². The molecule has 4 N–H and O–H groups in total. The smallest absolute Gasteiger partial charge is 0.326 e. The third-order valence-corrected chi connectivity index (χ3v) is 4.56. The van der Waals surface area contributed by atoms with Crippen LogP contribution in [0.2, 0.25) is 0 Å². The van der Waals surface area contributed by atoms with E-state index in [1.54, 1.807) is 45.0 Å². The number of nitrogens with one attached hydrogen (secondary N) is 1. The van der Waals surface area contributed by atoms with E-state index in [4.69, 9.17) is 0 Å². The molecule has 0 heterocycles. The first-order chi connectivity index (χ1) is 12.2. The lowest BCUT2D eigenvalue weighted by molar-refractivity contribution is -0.143. The third kappa shape index (κ3) is 3.79. The molecule has 0 aliphatic heterocycles. The molecule has 0 bridgehead atoms. The van der Waals surface area contributed by atoms with Gasteiger partial charge in [-0.2, -0.15) is 0 Å². The number of carbonyl (C=O) groups excluding carboxylic acids is 1. The van der Waals surface area contributed by atoms with Crippen LogP contribution >= 0.6 is 0 Å². The number of carboxylic acid groups (broad SMARTS) is 1. The Morgan fingerprint density at radius 2 is 1.27 bits per heavy atom. The molecule has 138 valence electrons. The van der Waals surface area contributed by atoms with E-state index < -0.39 is 23.3 Å². The predicted octanol–water partition coefficient (Wildman–Crippen LogP) is 2.63. The van der Waals surface area contributed by atoms with Gasteiger partial charge in [0, 0.05) is 0 Å². The van der Waals surface area contributed by atoms with Crippen molar-refractivity contribution in [1.82, 2.24) is 5.32 Å². The number of carbonyl (C=O) groups is 2. The molecule has 6 heteroatoms. The molecular weight excluding hydrogens is 334 g/mol. The molecule has 2 aromatic carbocycles. The van der Waals surface area contributed by atoms with Crippen molar-refractivity contribution >= 4 is 11.9 Å². The zero-order valence-electron chi connectivity index (χ0n) is 14.9. The maximum Gasteiger partial charge on any atom is 0.326 e. The largest absolute Gasteiger partial charge is 0.508 e. The topological polar surface area (TPSA) is 107 Å². The van der Waals surface area contributed by atoms with E-state index >= 15 is 0 Å². The molecule has 1 atom stereocenters. The van der Waals surface area contributed by atoms with Gasteiger partial charge in [0.25, 0.3) is 0 Å². The fourth-order valence-corrected chi connectivity index (χ4v) is 2.82. The highest BCUT2D eigenvalue weighted by Crippen LogP contribution is 2.34. The fraction of sp³-hybridized carbons (Fsp3) is 0.300. The molecule has 0 radical (unpaired) electrons. The van der Waals surface area contributed by atoms with Crippen LogP contribution in [0.1, 0.15) is 31.9 Å². The number of hydrogen-bond donors (Lipinski definition) is 4. The molecule has 2 aromatic rings. The molecule has 0 saturated heterocycles. The van der Waals surface area contributed by atoms with Crippen molar-refractivity contribution in [2.45, 2.75) is 32.2 Å². The van der Waals surface area contributed by atoms with Crippen LogP contribution in [0, 0.1) is 5.92 Å². The van der Waals surface area contributed by atoms with Gasteiger partial charge in [-0.1, -0.05) is 38.1 Å². The zero-order valence-corrected chi connectivity index (χ0v) is 14.9. The number of phenolic OH excluding ortho intramolecular Hbond substituents is 2. The number of amides is 1. The Morgan fingerprint density at radius 3 is 1.58 bits per heavy atom. The summed E-state index contributed by atoms with van der Waals surface area (Å²) in [5.74, 6) is -1.75. The van der Waals surface area contributed by atoms with Crippen molar-refractivity contribution in [2.75, 3.05) is 0 Å². The van der Waals surface area contributed by atoms with Crippen LogP contribution in [-0.4, -0.2) is 33.2 Å². The second-order valence-corrected chi connectivity index (χ2v) is 6.75. The maximum atomic E-state index is 13.2. The van der Waals surface area contributed by atoms with E-state index in [-0.39, 0.29) is 17.4 Å². The quantitative estimate of drug-likeness (QED) is 0.636. The van der Waals surface area contributed by atoms with E-state index in [1.807, 2.05) is 0 Å². The first kappa shape index (κ1) is 19.3. The monoisotopic (exact) mass is 357 g/mol. The summed E-state index contributed by atoms with van der Waals surface area (Å²) < 4.78 is 0. The molecule has 0 fully saturated rings. The SMILES string of the molecule is CC(C)[C@H](NC(=O)C(C)(c1ccc(O)cc1)c1ccc(O)cc1)C(=O)O. The van der Waals surface area contributed by atoms with Gasteiger partial charge in [-0.3, -0.25) is 4.79 Å². The lowest BCUT2D eigenvalue weighted by Gasteiger charge is -2.32. The average molecular weight is 357 g/mol. The number of hydrogen-bond acceptors (Lipinski definition) is 4. The van der Waals surface area contributed by atoms with Crippen molar-refractivity contribution in [3.05, 3.63) is 59.7 Å². The Balaban J connectivity index is 2.52. The first-order valence-electron chi connectivity index (χ1n) is 8.29. The standard InChI is InChI=1S/C20H23NO5/c1-12(2)17(18(24)25)21-19(26)20(3,13-4-8-15(22)9-5-13)14-6-10-16(23)11-7-14/h4-12,17,22-23H,1-3H3,(H,21,26)(H,24,25)/t17-/m0/s1. The van der Waals surface area contributed by atoms with Crippen molar-refractivity contribution in [1.29, 1.82) is 0 Å². The van der Waals surface area contributed by atoms with Crippen LogP contribution in [0.3, 0.4) is 0 Å². The number of aromatic hydroxyl groups is 2. The molecular formula is C20H23NO5. The predicted molar refractivity (Wildman–Crippen MR) is 97.1 cm³/mol. The Hall–Kier alpha value is -3.02. The van der Waals surface area contributed by atoms with Gasteiger partial charge in [0.2, 0.25) is 5.91 Å². The Kier molecular flexibility index (Phi) is 5.55. The summed E-state index contributed by atoms with van der Waals surface area (Å²) in [7, 11) is 0. The summed E-state index contributed by atoms with van der Waals surface area (Å²) in [6.45, 7) is 5.12. The molecule has 0 saturated carbocycles. The van der Waals surface area contributed by atoms with E-state index in [0.717, 1.165) is 0 Å². The highest BCUT2D eigenvalue weighted by Gasteiger charge is 2.39. The normalized spacial score (nSPS) is 12.6. The van der Waals surface area contributed by atoms with Gasteiger partial charge in [-0.25, -0.2) is 4.79 Å². The number of benzene rings is 2. The van der Waals surface area contributed by atoms with Crippen LogP contribution in [-0.2, 0) is 15.0 Å². The molecule has 6 nitrogen and oxygen atoms in total. The highest BCUT2D eigenvalue weighted by molar-refractivity contribution is 5.94. The van der Waals surface area contributed by atoms with Crippen molar-refractivity contribution < 1.29 is 24.9 Å². The van der Waals surface area contributed by atoms with Crippen LogP contribution in [0.5, 0.6) is 11.5 Å². The van der Waals surface area contributed by atoms with E-state index in [1.165, 1.54) is 24.3 Å². The van der Waals surface area contributed by atoms with Gasteiger partial charge in [-0.05, 0) is 48.2 Å². The average Bonchev–Trinajstić information content (AvgIpc) is 2.59. The van der Waals surface area contributed by atoms with Gasteiger partial charge < -0.3 is 20.6 Å². The fourth-order valence-electron chi connectivity index (χ4n) is 2.82. The molecule has 0 spiro atoms. The van der Waals surface area contributed by atoms with Crippen LogP contribution in [0.25, 0.3) is 0 Å². The molecule has 2 rings (SSSR count). The minimum atomic E-state index is -1.20.